The molecule has 0 aliphatic carbocycles. The molecule has 1 saturated heterocycles. The molecule has 2 aliphatic heterocycles. The highest BCUT2D eigenvalue weighted by Crippen LogP contribution is 2.33. The number of ether oxygens (including phenoxy) is 1. The molecule has 282 valence electrons. The molecule has 8 heteroatoms. The van der Waals surface area contributed by atoms with Crippen molar-refractivity contribution in [2.75, 3.05) is 19.6 Å². The van der Waals surface area contributed by atoms with Crippen molar-refractivity contribution in [1.82, 2.24) is 9.80 Å². The van der Waals surface area contributed by atoms with E-state index in [0.29, 0.717) is 36.4 Å². The molecule has 0 N–H and O–H groups in total. The average molecular weight is 719 g/mol. The van der Waals surface area contributed by atoms with Crippen LogP contribution in [-0.2, 0) is 23.9 Å². The molecule has 3 aromatic rings. The number of hydrogen-bond donors (Lipinski definition) is 0. The van der Waals surface area contributed by atoms with E-state index in [4.69, 9.17) is 4.74 Å². The second-order valence-electron chi connectivity index (χ2n) is 14.7. The zero-order chi connectivity index (χ0) is 36.8. The van der Waals surface area contributed by atoms with E-state index in [9.17, 15) is 22.8 Å². The molecule has 2 heterocycles. The number of nitrogens with zero attached hydrogens (tertiary/aromatic N) is 2. The molecule has 0 radical (unpaired) electrons. The molecule has 5 nitrogen and oxygen atoms in total. The summed E-state index contributed by atoms with van der Waals surface area (Å²) >= 11 is 0. The van der Waals surface area contributed by atoms with Crippen LogP contribution < -0.4 is 4.74 Å². The molecule has 1 amide bonds. The van der Waals surface area contributed by atoms with Gasteiger partial charge in [0.15, 0.2) is 0 Å². The first-order chi connectivity index (χ1) is 25.2. The van der Waals surface area contributed by atoms with Gasteiger partial charge in [0.2, 0.25) is 5.91 Å². The summed E-state index contributed by atoms with van der Waals surface area (Å²) in [5, 5.41) is 0. The Kier molecular flexibility index (Phi) is 15.2. The van der Waals surface area contributed by atoms with E-state index in [1.54, 1.807) is 30.3 Å². The van der Waals surface area contributed by atoms with E-state index >= 15 is 0 Å². The first kappa shape index (κ1) is 39.6. The molecule has 52 heavy (non-hydrogen) atoms. The van der Waals surface area contributed by atoms with Crippen LogP contribution in [0.25, 0.3) is 11.1 Å². The van der Waals surface area contributed by atoms with E-state index in [1.807, 2.05) is 17.0 Å². The summed E-state index contributed by atoms with van der Waals surface area (Å²) in [6.07, 6.45) is 17.0. The molecule has 0 saturated carbocycles. The van der Waals surface area contributed by atoms with E-state index in [1.165, 1.54) is 95.6 Å². The van der Waals surface area contributed by atoms with Crippen LogP contribution in [0.4, 0.5) is 13.2 Å². The molecule has 3 aromatic carbocycles. The Morgan fingerprint density at radius 1 is 0.750 bits per heavy atom. The smallest absolute Gasteiger partial charge is 0.416 e. The van der Waals surface area contributed by atoms with Gasteiger partial charge in [-0.3, -0.25) is 9.69 Å². The zero-order valence-corrected chi connectivity index (χ0v) is 31.0. The molecule has 2 aliphatic rings. The predicted octanol–water partition coefficient (Wildman–Crippen LogP) is 11.4. The van der Waals surface area contributed by atoms with Crippen LogP contribution in [-0.4, -0.2) is 47.4 Å². The number of unbranched alkanes of at least 4 members (excludes halogenated alkanes) is 13. The van der Waals surface area contributed by atoms with Crippen molar-refractivity contribution < 1.29 is 27.5 Å². The number of esters is 1. The highest BCUT2D eigenvalue weighted by molar-refractivity contribution is 5.98. The van der Waals surface area contributed by atoms with E-state index in [0.717, 1.165) is 55.6 Å². The second-order valence-corrected chi connectivity index (χ2v) is 14.7. The van der Waals surface area contributed by atoms with Crippen molar-refractivity contribution in [3.63, 3.8) is 0 Å². The SMILES string of the molecule is CCCCCCCCCCCCCCCCN1CCCC1C(=O)N1CCc2cc(OC(=O)c3ccccc3-c3ccc(C(F)(F)F)cc3)ccc2C1. The Hall–Kier alpha value is -3.65. The fraction of sp³-hybridized carbons (Fsp3) is 0.545. The van der Waals surface area contributed by atoms with Crippen LogP contribution in [0.2, 0.25) is 0 Å². The second kappa shape index (κ2) is 20.0. The van der Waals surface area contributed by atoms with E-state index < -0.39 is 17.7 Å². The minimum absolute atomic E-state index is 0.0338. The quantitative estimate of drug-likeness (QED) is 0.0703. The molecule has 0 bridgehead atoms. The molecular formula is C44H57F3N2O3. The number of likely N-dealkylation sites (tertiary alicyclic amines) is 1. The summed E-state index contributed by atoms with van der Waals surface area (Å²) in [5.41, 5.74) is 2.63. The summed E-state index contributed by atoms with van der Waals surface area (Å²) in [4.78, 5) is 31.4. The number of benzene rings is 3. The van der Waals surface area contributed by atoms with Crippen LogP contribution in [0.3, 0.4) is 0 Å². The van der Waals surface area contributed by atoms with Gasteiger partial charge in [0.05, 0.1) is 17.2 Å². The predicted molar refractivity (Wildman–Crippen MR) is 202 cm³/mol. The number of halogens is 3. The Balaban J connectivity index is 1.04. The van der Waals surface area contributed by atoms with Gasteiger partial charge in [-0.15, -0.1) is 0 Å². The number of hydrogen-bond acceptors (Lipinski definition) is 4. The maximum absolute atomic E-state index is 13.7. The normalized spacial score (nSPS) is 16.2. The first-order valence-electron chi connectivity index (χ1n) is 19.9. The summed E-state index contributed by atoms with van der Waals surface area (Å²) in [6, 6.07) is 17.0. The Bertz CT molecular complexity index is 1570. The summed E-state index contributed by atoms with van der Waals surface area (Å²) in [7, 11) is 0. The maximum Gasteiger partial charge on any atom is 0.416 e. The number of carbonyl (C=O) groups excluding carboxylic acids is 2. The number of carbonyl (C=O) groups is 2. The van der Waals surface area contributed by atoms with Crippen LogP contribution in [0.5, 0.6) is 5.75 Å². The standard InChI is InChI=1S/C44H57F3N2O3/c1-2-3-4-5-6-7-8-9-10-11-12-13-14-17-29-48-30-18-21-41(48)42(50)49-31-28-35-32-38(27-24-36(35)33-49)52-43(51)40-20-16-15-19-39(40)34-22-25-37(26-23-34)44(45,46)47/h15-16,19-20,22-27,32,41H,2-14,17-18,21,28-31,33H2,1H3. The molecule has 0 aromatic heterocycles. The molecule has 0 spiro atoms. The molecule has 1 atom stereocenters. The lowest BCUT2D eigenvalue weighted by Crippen LogP contribution is -2.47. The summed E-state index contributed by atoms with van der Waals surface area (Å²) < 4.78 is 45.0. The highest BCUT2D eigenvalue weighted by Gasteiger charge is 2.34. The van der Waals surface area contributed by atoms with Gasteiger partial charge in [-0.1, -0.05) is 127 Å². The molecule has 5 rings (SSSR count). The lowest BCUT2D eigenvalue weighted by Gasteiger charge is -2.33. The van der Waals surface area contributed by atoms with Gasteiger partial charge in [-0.2, -0.15) is 13.2 Å². The Morgan fingerprint density at radius 2 is 1.38 bits per heavy atom. The molecular weight excluding hydrogens is 661 g/mol. The van der Waals surface area contributed by atoms with Crippen LogP contribution in [0.15, 0.2) is 66.7 Å². The topological polar surface area (TPSA) is 49.9 Å². The minimum Gasteiger partial charge on any atom is -0.423 e. The van der Waals surface area contributed by atoms with Crippen LogP contribution >= 0.6 is 0 Å². The van der Waals surface area contributed by atoms with Gasteiger partial charge in [0.1, 0.15) is 5.75 Å². The van der Waals surface area contributed by atoms with Crippen LogP contribution in [0.1, 0.15) is 137 Å². The van der Waals surface area contributed by atoms with Gasteiger partial charge in [0, 0.05) is 13.1 Å². The number of amides is 1. The van der Waals surface area contributed by atoms with E-state index in [2.05, 4.69) is 11.8 Å². The zero-order valence-electron chi connectivity index (χ0n) is 31.0. The Morgan fingerprint density at radius 3 is 2.04 bits per heavy atom. The molecule has 1 fully saturated rings. The van der Waals surface area contributed by atoms with E-state index in [-0.39, 0.29) is 17.5 Å². The fourth-order valence-electron chi connectivity index (χ4n) is 7.79. The van der Waals surface area contributed by atoms with Crippen molar-refractivity contribution in [2.24, 2.45) is 0 Å². The Labute approximate surface area is 308 Å². The van der Waals surface area contributed by atoms with Crippen molar-refractivity contribution in [1.29, 1.82) is 0 Å². The molecule has 1 unspecified atom stereocenters. The third-order valence-electron chi connectivity index (χ3n) is 10.8. The van der Waals surface area contributed by atoms with Gasteiger partial charge >= 0.3 is 12.1 Å². The van der Waals surface area contributed by atoms with Gasteiger partial charge in [0.25, 0.3) is 0 Å². The number of fused-ring (bicyclic) bond motifs is 1. The van der Waals surface area contributed by atoms with Crippen LogP contribution in [0, 0.1) is 0 Å². The summed E-state index contributed by atoms with van der Waals surface area (Å²) in [5.74, 6) is 0.0490. The van der Waals surface area contributed by atoms with Crippen molar-refractivity contribution in [3.8, 4) is 16.9 Å². The minimum atomic E-state index is -4.43. The number of alkyl halides is 3. The van der Waals surface area contributed by atoms with Gasteiger partial charge in [-0.05, 0) is 91.4 Å². The number of rotatable bonds is 19. The van der Waals surface area contributed by atoms with Crippen molar-refractivity contribution in [3.05, 3.63) is 89.0 Å². The lowest BCUT2D eigenvalue weighted by atomic mass is 9.98. The summed E-state index contributed by atoms with van der Waals surface area (Å²) in [6.45, 7) is 5.44. The third-order valence-corrected chi connectivity index (χ3v) is 10.8. The van der Waals surface area contributed by atoms with Gasteiger partial charge < -0.3 is 9.64 Å². The lowest BCUT2D eigenvalue weighted by molar-refractivity contribution is -0.138. The maximum atomic E-state index is 13.7. The highest BCUT2D eigenvalue weighted by atomic mass is 19.4. The first-order valence-corrected chi connectivity index (χ1v) is 19.9. The van der Waals surface area contributed by atoms with Gasteiger partial charge in [-0.25, -0.2) is 4.79 Å². The third kappa shape index (κ3) is 11.4. The fourth-order valence-corrected chi connectivity index (χ4v) is 7.79. The van der Waals surface area contributed by atoms with Crippen molar-refractivity contribution in [2.45, 2.75) is 135 Å². The van der Waals surface area contributed by atoms with Crippen molar-refractivity contribution >= 4 is 11.9 Å². The average Bonchev–Trinajstić information content (AvgIpc) is 3.62. The monoisotopic (exact) mass is 718 g/mol. The largest absolute Gasteiger partial charge is 0.423 e.